The first kappa shape index (κ1) is 13.9. The Morgan fingerprint density at radius 1 is 1.24 bits per heavy atom. The molecule has 0 saturated carbocycles. The lowest BCUT2D eigenvalue weighted by Crippen LogP contribution is -2.39. The Morgan fingerprint density at radius 3 is 2.71 bits per heavy atom. The summed E-state index contributed by atoms with van der Waals surface area (Å²) in [7, 11) is 0. The van der Waals surface area contributed by atoms with E-state index in [1.165, 1.54) is 0 Å². The lowest BCUT2D eigenvalue weighted by Gasteiger charge is -2.23. The normalized spacial score (nSPS) is 18.6. The molecule has 1 unspecified atom stereocenters. The number of nitrogens with one attached hydrogen (secondary N) is 1. The van der Waals surface area contributed by atoms with Gasteiger partial charge in [-0.1, -0.05) is 24.3 Å². The number of fused-ring (bicyclic) bond motifs is 1. The zero-order chi connectivity index (χ0) is 14.7. The van der Waals surface area contributed by atoms with Gasteiger partial charge >= 0.3 is 0 Å². The highest BCUT2D eigenvalue weighted by Gasteiger charge is 2.17. The molecule has 1 aliphatic rings. The van der Waals surface area contributed by atoms with Crippen LogP contribution in [0.1, 0.15) is 10.4 Å². The fraction of sp³-hybridized carbons (Fsp3) is 0.312. The number of aromatic hydroxyl groups is 1. The summed E-state index contributed by atoms with van der Waals surface area (Å²) in [5.74, 6) is -0.334. The van der Waals surface area contributed by atoms with Gasteiger partial charge in [-0.15, -0.1) is 0 Å². The summed E-state index contributed by atoms with van der Waals surface area (Å²) >= 11 is 0. The second-order valence-electron chi connectivity index (χ2n) is 4.99. The molecule has 2 aromatic carbocycles. The Balaban J connectivity index is 1.73. The van der Waals surface area contributed by atoms with Crippen molar-refractivity contribution < 1.29 is 19.4 Å². The Bertz CT molecular complexity index is 650. The van der Waals surface area contributed by atoms with Gasteiger partial charge in [0.05, 0.1) is 31.5 Å². The largest absolute Gasteiger partial charge is 0.507 e. The highest BCUT2D eigenvalue weighted by Crippen LogP contribution is 2.24. The van der Waals surface area contributed by atoms with Crippen molar-refractivity contribution in [3.8, 4) is 5.75 Å². The zero-order valence-electron chi connectivity index (χ0n) is 11.5. The van der Waals surface area contributed by atoms with Crippen LogP contribution < -0.4 is 5.32 Å². The molecule has 1 heterocycles. The fourth-order valence-electron chi connectivity index (χ4n) is 2.37. The van der Waals surface area contributed by atoms with E-state index >= 15 is 0 Å². The van der Waals surface area contributed by atoms with Gasteiger partial charge in [0, 0.05) is 6.54 Å². The Labute approximate surface area is 122 Å². The molecule has 5 nitrogen and oxygen atoms in total. The number of ether oxygens (including phenoxy) is 2. The van der Waals surface area contributed by atoms with Gasteiger partial charge in [-0.25, -0.2) is 0 Å². The third-order valence-electron chi connectivity index (χ3n) is 3.48. The van der Waals surface area contributed by atoms with Crippen molar-refractivity contribution in [2.75, 3.05) is 26.4 Å². The molecule has 0 radical (unpaired) electrons. The minimum atomic E-state index is -0.313. The van der Waals surface area contributed by atoms with Crippen LogP contribution in [0.2, 0.25) is 0 Å². The van der Waals surface area contributed by atoms with Gasteiger partial charge in [0.2, 0.25) is 0 Å². The number of hydrogen-bond acceptors (Lipinski definition) is 4. The minimum Gasteiger partial charge on any atom is -0.507 e. The molecule has 0 aromatic heterocycles. The molecule has 5 heteroatoms. The third kappa shape index (κ3) is 3.15. The second kappa shape index (κ2) is 6.11. The van der Waals surface area contributed by atoms with Crippen LogP contribution >= 0.6 is 0 Å². The van der Waals surface area contributed by atoms with Crippen LogP contribution in [0, 0.1) is 0 Å². The molecule has 1 atom stereocenters. The van der Waals surface area contributed by atoms with E-state index in [4.69, 9.17) is 9.47 Å². The Kier molecular flexibility index (Phi) is 4.03. The number of benzene rings is 2. The number of rotatable bonds is 3. The van der Waals surface area contributed by atoms with E-state index in [2.05, 4.69) is 5.32 Å². The van der Waals surface area contributed by atoms with Crippen molar-refractivity contribution in [1.29, 1.82) is 0 Å². The van der Waals surface area contributed by atoms with Gasteiger partial charge in [-0.2, -0.15) is 0 Å². The van der Waals surface area contributed by atoms with Gasteiger partial charge in [0.25, 0.3) is 5.91 Å². The van der Waals surface area contributed by atoms with E-state index in [0.29, 0.717) is 26.4 Å². The van der Waals surface area contributed by atoms with Crippen molar-refractivity contribution in [1.82, 2.24) is 5.32 Å². The summed E-state index contributed by atoms with van der Waals surface area (Å²) in [6.45, 7) is 1.98. The van der Waals surface area contributed by atoms with Crippen LogP contribution in [0.5, 0.6) is 5.75 Å². The predicted molar refractivity (Wildman–Crippen MR) is 78.5 cm³/mol. The average molecular weight is 287 g/mol. The molecule has 2 aromatic rings. The van der Waals surface area contributed by atoms with Crippen LogP contribution in [0.3, 0.4) is 0 Å². The summed E-state index contributed by atoms with van der Waals surface area (Å²) in [5, 5.41) is 14.6. The van der Waals surface area contributed by atoms with Crippen LogP contribution in [-0.2, 0) is 9.47 Å². The summed E-state index contributed by atoms with van der Waals surface area (Å²) in [5.41, 5.74) is 0.269. The number of phenolic OH excluding ortho intramolecular Hbond substituents is 1. The van der Waals surface area contributed by atoms with E-state index in [9.17, 15) is 9.90 Å². The number of amides is 1. The first-order valence-electron chi connectivity index (χ1n) is 6.93. The summed E-state index contributed by atoms with van der Waals surface area (Å²) in [6.07, 6.45) is -0.134. The molecule has 3 rings (SSSR count). The van der Waals surface area contributed by atoms with Gasteiger partial charge in [-0.05, 0) is 22.9 Å². The molecule has 2 N–H and O–H groups in total. The van der Waals surface area contributed by atoms with Crippen LogP contribution in [0.25, 0.3) is 10.8 Å². The number of hydrogen-bond donors (Lipinski definition) is 2. The van der Waals surface area contributed by atoms with Crippen LogP contribution in [0.15, 0.2) is 36.4 Å². The van der Waals surface area contributed by atoms with Gasteiger partial charge in [0.1, 0.15) is 5.75 Å². The highest BCUT2D eigenvalue weighted by atomic mass is 16.6. The first-order chi connectivity index (χ1) is 10.2. The van der Waals surface area contributed by atoms with Gasteiger partial charge in [0.15, 0.2) is 0 Å². The molecule has 110 valence electrons. The highest BCUT2D eigenvalue weighted by molar-refractivity contribution is 6.01. The molecule has 0 aliphatic carbocycles. The fourth-order valence-corrected chi connectivity index (χ4v) is 2.37. The molecule has 1 fully saturated rings. The molecule has 1 aliphatic heterocycles. The SMILES string of the molecule is O=C(NCC1COCCO1)c1cc2ccccc2cc1O. The molecule has 1 saturated heterocycles. The van der Waals surface area contributed by atoms with Crippen molar-refractivity contribution in [2.24, 2.45) is 0 Å². The number of phenols is 1. The van der Waals surface area contributed by atoms with E-state index in [1.54, 1.807) is 12.1 Å². The molecule has 1 amide bonds. The predicted octanol–water partition coefficient (Wildman–Crippen LogP) is 1.69. The maximum absolute atomic E-state index is 12.2. The molecular weight excluding hydrogens is 270 g/mol. The van der Waals surface area contributed by atoms with Crippen LogP contribution in [-0.4, -0.2) is 43.5 Å². The third-order valence-corrected chi connectivity index (χ3v) is 3.48. The summed E-state index contributed by atoms with van der Waals surface area (Å²) in [4.78, 5) is 12.2. The summed E-state index contributed by atoms with van der Waals surface area (Å²) in [6, 6.07) is 10.9. The quantitative estimate of drug-likeness (QED) is 0.901. The summed E-state index contributed by atoms with van der Waals surface area (Å²) < 4.78 is 10.7. The maximum atomic E-state index is 12.2. The maximum Gasteiger partial charge on any atom is 0.255 e. The van der Waals surface area contributed by atoms with E-state index in [1.807, 2.05) is 24.3 Å². The zero-order valence-corrected chi connectivity index (χ0v) is 11.5. The Morgan fingerprint density at radius 2 is 2.00 bits per heavy atom. The van der Waals surface area contributed by atoms with Crippen molar-refractivity contribution in [3.05, 3.63) is 42.0 Å². The van der Waals surface area contributed by atoms with Crippen molar-refractivity contribution in [2.45, 2.75) is 6.10 Å². The first-order valence-corrected chi connectivity index (χ1v) is 6.93. The van der Waals surface area contributed by atoms with E-state index < -0.39 is 0 Å². The van der Waals surface area contributed by atoms with E-state index in [0.717, 1.165) is 10.8 Å². The van der Waals surface area contributed by atoms with Crippen LogP contribution in [0.4, 0.5) is 0 Å². The number of carbonyl (C=O) groups is 1. The van der Waals surface area contributed by atoms with Crippen molar-refractivity contribution in [3.63, 3.8) is 0 Å². The molecule has 21 heavy (non-hydrogen) atoms. The Hall–Kier alpha value is -2.11. The molecule has 0 bridgehead atoms. The average Bonchev–Trinajstić information content (AvgIpc) is 2.53. The lowest BCUT2D eigenvalue weighted by atomic mass is 10.1. The topological polar surface area (TPSA) is 67.8 Å². The van der Waals surface area contributed by atoms with Gasteiger partial charge in [-0.3, -0.25) is 4.79 Å². The minimum absolute atomic E-state index is 0.0213. The monoisotopic (exact) mass is 287 g/mol. The smallest absolute Gasteiger partial charge is 0.255 e. The molecular formula is C16H17NO4. The lowest BCUT2D eigenvalue weighted by molar-refractivity contribution is -0.0855. The van der Waals surface area contributed by atoms with Gasteiger partial charge < -0.3 is 19.9 Å². The van der Waals surface area contributed by atoms with Crippen molar-refractivity contribution >= 4 is 16.7 Å². The molecule has 0 spiro atoms. The second-order valence-corrected chi connectivity index (χ2v) is 4.99. The van der Waals surface area contributed by atoms with E-state index in [-0.39, 0.29) is 23.3 Å². The standard InChI is InChI=1S/C16H17NO4/c18-15-8-12-4-2-1-3-11(12)7-14(15)16(19)17-9-13-10-20-5-6-21-13/h1-4,7-8,13,18H,5-6,9-10H2,(H,17,19). The number of carbonyl (C=O) groups excluding carboxylic acids is 1.